The molecule has 3 N–H and O–H groups in total. The van der Waals surface area contributed by atoms with Crippen LogP contribution in [-0.2, 0) is 22.7 Å². The van der Waals surface area contributed by atoms with Gasteiger partial charge in [0.2, 0.25) is 5.91 Å². The molecule has 29 heavy (non-hydrogen) atoms. The fourth-order valence-corrected chi connectivity index (χ4v) is 3.49. The van der Waals surface area contributed by atoms with Crippen LogP contribution in [0.1, 0.15) is 17.5 Å². The van der Waals surface area contributed by atoms with E-state index in [0.29, 0.717) is 25.3 Å². The van der Waals surface area contributed by atoms with Crippen molar-refractivity contribution in [2.75, 3.05) is 12.3 Å². The van der Waals surface area contributed by atoms with E-state index in [1.165, 1.54) is 0 Å². The highest BCUT2D eigenvalue weighted by Crippen LogP contribution is 2.22. The van der Waals surface area contributed by atoms with E-state index in [1.54, 1.807) is 11.1 Å². The van der Waals surface area contributed by atoms with Gasteiger partial charge >= 0.3 is 6.09 Å². The molecule has 1 aliphatic heterocycles. The smallest absolute Gasteiger partial charge is 0.408 e. The number of alkyl carbamates (subject to hydrolysis) is 1. The van der Waals surface area contributed by atoms with Gasteiger partial charge in [-0.05, 0) is 35.1 Å². The standard InChI is InChI=1S/C22H22N4O3/c23-20-18-12-16(6-7-17(18)8-10-24-20)13-26-11-9-19(21(26)27)25-22(28)29-14-15-4-2-1-3-5-15/h1-8,10,12,19H,9,11,13-14H2,(H2,23,24)(H,25,28)/t19-/m0/s1. The SMILES string of the molecule is Nc1nccc2ccc(CN3CC[C@H](NC(=O)OCc4ccccc4)C3=O)cc12. The number of hydrogen-bond acceptors (Lipinski definition) is 5. The molecule has 148 valence electrons. The number of nitrogen functional groups attached to an aromatic ring is 1. The molecule has 2 amide bonds. The van der Waals surface area contributed by atoms with E-state index < -0.39 is 12.1 Å². The third-order valence-electron chi connectivity index (χ3n) is 5.04. The van der Waals surface area contributed by atoms with Gasteiger partial charge in [0.05, 0.1) is 0 Å². The summed E-state index contributed by atoms with van der Waals surface area (Å²) in [6.07, 6.45) is 1.64. The lowest BCUT2D eigenvalue weighted by atomic mass is 10.1. The molecule has 0 radical (unpaired) electrons. The Hall–Kier alpha value is -3.61. The first kappa shape index (κ1) is 18.7. The maximum Gasteiger partial charge on any atom is 0.408 e. The van der Waals surface area contributed by atoms with Crippen LogP contribution in [0.25, 0.3) is 10.8 Å². The van der Waals surface area contributed by atoms with Crippen molar-refractivity contribution in [2.45, 2.75) is 25.6 Å². The van der Waals surface area contributed by atoms with Gasteiger partial charge in [-0.1, -0.05) is 42.5 Å². The Bertz CT molecular complexity index is 1040. The molecule has 1 atom stereocenters. The molecule has 3 aromatic rings. The molecule has 1 fully saturated rings. The number of ether oxygens (including phenoxy) is 1. The largest absolute Gasteiger partial charge is 0.445 e. The number of benzene rings is 2. The second-order valence-electron chi connectivity index (χ2n) is 7.06. The zero-order valence-electron chi connectivity index (χ0n) is 15.9. The fraction of sp³-hybridized carbons (Fsp3) is 0.227. The Morgan fingerprint density at radius 3 is 2.83 bits per heavy atom. The molecule has 2 aromatic carbocycles. The van der Waals surface area contributed by atoms with E-state index in [1.807, 2.05) is 54.6 Å². The Balaban J connectivity index is 1.34. The van der Waals surface area contributed by atoms with Gasteiger partial charge < -0.3 is 20.7 Å². The number of nitrogens with zero attached hydrogens (tertiary/aromatic N) is 2. The third-order valence-corrected chi connectivity index (χ3v) is 5.04. The van der Waals surface area contributed by atoms with Gasteiger partial charge in [0.1, 0.15) is 18.5 Å². The van der Waals surface area contributed by atoms with Crippen LogP contribution >= 0.6 is 0 Å². The highest BCUT2D eigenvalue weighted by atomic mass is 16.5. The molecule has 4 rings (SSSR count). The number of nitrogens with one attached hydrogen (secondary N) is 1. The fourth-order valence-electron chi connectivity index (χ4n) is 3.49. The molecule has 1 aliphatic rings. The van der Waals surface area contributed by atoms with Crippen molar-refractivity contribution in [3.63, 3.8) is 0 Å². The molecule has 0 bridgehead atoms. The van der Waals surface area contributed by atoms with E-state index in [9.17, 15) is 9.59 Å². The average molecular weight is 390 g/mol. The lowest BCUT2D eigenvalue weighted by Gasteiger charge is -2.17. The van der Waals surface area contributed by atoms with Gasteiger partial charge in [0, 0.05) is 24.7 Å². The summed E-state index contributed by atoms with van der Waals surface area (Å²) in [6.45, 7) is 1.20. The summed E-state index contributed by atoms with van der Waals surface area (Å²) < 4.78 is 5.21. The number of hydrogen-bond donors (Lipinski definition) is 2. The molecule has 0 aliphatic carbocycles. The maximum atomic E-state index is 12.7. The van der Waals surface area contributed by atoms with Crippen LogP contribution in [0.15, 0.2) is 60.8 Å². The zero-order chi connectivity index (χ0) is 20.2. The van der Waals surface area contributed by atoms with E-state index in [0.717, 1.165) is 21.9 Å². The molecule has 2 heterocycles. The molecule has 0 spiro atoms. The van der Waals surface area contributed by atoms with Crippen molar-refractivity contribution >= 4 is 28.6 Å². The lowest BCUT2D eigenvalue weighted by molar-refractivity contribution is -0.129. The third kappa shape index (κ3) is 4.29. The number of nitrogens with two attached hydrogens (primary N) is 1. The summed E-state index contributed by atoms with van der Waals surface area (Å²) in [5.41, 5.74) is 7.82. The summed E-state index contributed by atoms with van der Waals surface area (Å²) in [6, 6.07) is 16.7. The van der Waals surface area contributed by atoms with Gasteiger partial charge in [-0.25, -0.2) is 9.78 Å². The molecule has 0 unspecified atom stereocenters. The Morgan fingerprint density at radius 1 is 1.17 bits per heavy atom. The topological polar surface area (TPSA) is 97.6 Å². The quantitative estimate of drug-likeness (QED) is 0.698. The first-order chi connectivity index (χ1) is 14.1. The number of carbonyl (C=O) groups excluding carboxylic acids is 2. The molecule has 1 saturated heterocycles. The minimum Gasteiger partial charge on any atom is -0.445 e. The van der Waals surface area contributed by atoms with Crippen LogP contribution in [0.2, 0.25) is 0 Å². The van der Waals surface area contributed by atoms with Gasteiger partial charge in [-0.2, -0.15) is 0 Å². The highest BCUT2D eigenvalue weighted by molar-refractivity contribution is 5.91. The van der Waals surface area contributed by atoms with E-state index in [4.69, 9.17) is 10.5 Å². The number of anilines is 1. The van der Waals surface area contributed by atoms with Crippen molar-refractivity contribution in [1.82, 2.24) is 15.2 Å². The van der Waals surface area contributed by atoms with E-state index in [2.05, 4.69) is 10.3 Å². The number of carbonyl (C=O) groups is 2. The number of likely N-dealkylation sites (tertiary alicyclic amines) is 1. The van der Waals surface area contributed by atoms with Crippen molar-refractivity contribution in [3.05, 3.63) is 71.9 Å². The van der Waals surface area contributed by atoms with Crippen LogP contribution in [0, 0.1) is 0 Å². The Kier molecular flexibility index (Phi) is 5.29. The zero-order valence-corrected chi connectivity index (χ0v) is 15.9. The lowest BCUT2D eigenvalue weighted by Crippen LogP contribution is -2.41. The van der Waals surface area contributed by atoms with Crippen LogP contribution in [0.4, 0.5) is 10.6 Å². The molecule has 7 heteroatoms. The van der Waals surface area contributed by atoms with Crippen LogP contribution in [0.3, 0.4) is 0 Å². The van der Waals surface area contributed by atoms with Crippen LogP contribution < -0.4 is 11.1 Å². The normalized spacial score (nSPS) is 16.2. The summed E-state index contributed by atoms with van der Waals surface area (Å²) in [4.78, 5) is 30.6. The molecule has 0 saturated carbocycles. The minimum absolute atomic E-state index is 0.110. The first-order valence-corrected chi connectivity index (χ1v) is 9.49. The predicted molar refractivity (Wildman–Crippen MR) is 110 cm³/mol. The number of rotatable bonds is 5. The summed E-state index contributed by atoms with van der Waals surface area (Å²) in [7, 11) is 0. The minimum atomic E-state index is -0.585. The second kappa shape index (κ2) is 8.18. The van der Waals surface area contributed by atoms with Crippen molar-refractivity contribution in [2.24, 2.45) is 0 Å². The van der Waals surface area contributed by atoms with E-state index in [-0.39, 0.29) is 12.5 Å². The molecule has 7 nitrogen and oxygen atoms in total. The van der Waals surface area contributed by atoms with Crippen LogP contribution in [-0.4, -0.2) is 34.5 Å². The van der Waals surface area contributed by atoms with Crippen molar-refractivity contribution in [3.8, 4) is 0 Å². The number of pyridine rings is 1. The average Bonchev–Trinajstić information content (AvgIpc) is 3.07. The highest BCUT2D eigenvalue weighted by Gasteiger charge is 2.33. The van der Waals surface area contributed by atoms with Gasteiger partial charge in [0.25, 0.3) is 0 Å². The van der Waals surface area contributed by atoms with Gasteiger partial charge in [-0.3, -0.25) is 4.79 Å². The monoisotopic (exact) mass is 390 g/mol. The van der Waals surface area contributed by atoms with E-state index >= 15 is 0 Å². The Labute approximate surface area is 168 Å². The second-order valence-corrected chi connectivity index (χ2v) is 7.06. The molecule has 1 aromatic heterocycles. The number of aromatic nitrogens is 1. The summed E-state index contributed by atoms with van der Waals surface area (Å²) in [5.74, 6) is 0.360. The van der Waals surface area contributed by atoms with Gasteiger partial charge in [-0.15, -0.1) is 0 Å². The first-order valence-electron chi connectivity index (χ1n) is 9.49. The molecular formula is C22H22N4O3. The van der Waals surface area contributed by atoms with Gasteiger partial charge in [0.15, 0.2) is 0 Å². The predicted octanol–water partition coefficient (Wildman–Crippen LogP) is 2.84. The number of amides is 2. The maximum absolute atomic E-state index is 12.7. The number of fused-ring (bicyclic) bond motifs is 1. The Morgan fingerprint density at radius 2 is 2.00 bits per heavy atom. The summed E-state index contributed by atoms with van der Waals surface area (Å²) in [5, 5.41) is 4.55. The molecular weight excluding hydrogens is 368 g/mol. The van der Waals surface area contributed by atoms with Crippen LogP contribution in [0.5, 0.6) is 0 Å². The summed E-state index contributed by atoms with van der Waals surface area (Å²) >= 11 is 0. The van der Waals surface area contributed by atoms with Crippen molar-refractivity contribution < 1.29 is 14.3 Å². The van der Waals surface area contributed by atoms with Crippen molar-refractivity contribution in [1.29, 1.82) is 0 Å².